The molecule has 14 rings (SSSR count). The van der Waals surface area contributed by atoms with E-state index >= 15 is 0 Å². The maximum atomic E-state index is 13.9. The summed E-state index contributed by atoms with van der Waals surface area (Å²) < 4.78 is 135. The maximum Gasteiger partial charge on any atom is 0.270 e. The number of H-pyrrole nitrogens is 4. The van der Waals surface area contributed by atoms with Gasteiger partial charge in [-0.2, -0.15) is 39.1 Å². The lowest BCUT2D eigenvalue weighted by Gasteiger charge is -2.52. The molecule has 38 heteroatoms. The highest BCUT2D eigenvalue weighted by molar-refractivity contribution is 8.20. The lowest BCUT2D eigenvalue weighted by atomic mass is 9.64. The molecule has 5 aliphatic carbocycles. The number of fused-ring (bicyclic) bond motifs is 5. The fraction of sp³-hybridized carbons (Fsp3) is 0.538. The van der Waals surface area contributed by atoms with Crippen LogP contribution in [0.3, 0.4) is 0 Å². The largest absolute Gasteiger partial charge is 0.504 e. The zero-order valence-corrected chi connectivity index (χ0v) is 55.5. The van der Waals surface area contributed by atoms with Crippen LogP contribution in [0, 0.1) is 11.8 Å². The van der Waals surface area contributed by atoms with Crippen molar-refractivity contribution in [3.05, 3.63) is 18.2 Å². The number of hydrogen-bond acceptors (Lipinski definition) is 28. The average molecular weight is 1430 g/mol. The molecule has 5 saturated carbocycles. The molecule has 5 aromatic heterocycles. The van der Waals surface area contributed by atoms with Gasteiger partial charge in [-0.15, -0.1) is 22.7 Å². The molecule has 28 nitrogen and oxygen atoms in total. The lowest BCUT2D eigenvalue weighted by Crippen LogP contribution is -2.64. The molecular weight excluding hydrogens is 1370 g/mol. The molecule has 0 radical (unpaired) electrons. The van der Waals surface area contributed by atoms with E-state index in [0.717, 1.165) is 66.8 Å². The van der Waals surface area contributed by atoms with Gasteiger partial charge in [-0.25, -0.2) is 13.1 Å². The lowest BCUT2D eigenvalue weighted by molar-refractivity contribution is -0.0217. The molecule has 0 saturated heterocycles. The summed E-state index contributed by atoms with van der Waals surface area (Å²) in [6, 6.07) is 0.260. The average Bonchev–Trinajstić information content (AvgIpc) is 1.36. The number of azo groups is 3. The van der Waals surface area contributed by atoms with Crippen molar-refractivity contribution in [2.75, 3.05) is 11.5 Å². The number of nitrogens with one attached hydrogen (secondary N) is 5. The molecule has 0 spiro atoms. The Hall–Kier alpha value is -4.40. The fourth-order valence-corrected chi connectivity index (χ4v) is 27.7. The molecule has 90 heavy (non-hydrogen) atoms. The number of aromatic hydroxyl groups is 2. The highest BCUT2D eigenvalue weighted by Gasteiger charge is 2.58. The number of nitrogen functional groups attached to an aromatic ring is 2. The first kappa shape index (κ1) is 63.0. The van der Waals surface area contributed by atoms with Crippen LogP contribution in [0.2, 0.25) is 0 Å². The quantitative estimate of drug-likeness (QED) is 0.0135. The van der Waals surface area contributed by atoms with E-state index in [1.54, 1.807) is 27.7 Å². The molecule has 8 unspecified atom stereocenters. The number of nitrogens with two attached hydrogens (primary N) is 3. The number of phenols is 2. The number of hydrogen-bond donors (Lipinski definition) is 18. The number of sulfonamides is 1. The van der Waals surface area contributed by atoms with Crippen LogP contribution in [0.15, 0.2) is 48.9 Å². The summed E-state index contributed by atoms with van der Waals surface area (Å²) in [6.07, 6.45) is 1.98. The summed E-state index contributed by atoms with van der Waals surface area (Å²) in [5.74, 6) is -1.84. The van der Waals surface area contributed by atoms with E-state index in [1.807, 2.05) is 6.07 Å². The summed E-state index contributed by atoms with van der Waals surface area (Å²) in [5, 5.41) is 56.8. The topological polar surface area (TPSA) is 498 Å². The minimum Gasteiger partial charge on any atom is -0.504 e. The summed E-state index contributed by atoms with van der Waals surface area (Å²) in [7, 11) is -10.9. The number of nitrogens with zero attached hydrogens (tertiary/aromatic N) is 6. The number of aromatic amines is 4. The van der Waals surface area contributed by atoms with Gasteiger partial charge in [0.1, 0.15) is 38.1 Å². The van der Waals surface area contributed by atoms with E-state index < -0.39 is 111 Å². The van der Waals surface area contributed by atoms with Crippen LogP contribution >= 0.6 is 85.8 Å². The highest BCUT2D eigenvalue weighted by Crippen LogP contribution is 2.56. The van der Waals surface area contributed by atoms with Crippen LogP contribution in [0.5, 0.6) is 11.5 Å². The molecule has 488 valence electrons. The SMILES string of the molecule is Nc1cc2[nH]c3cc4[nH]c5c(cc6[nH]c7c(N=NC8CCC(NS(=O)(=O)C9CCC(N=NC%10C(N)C%11C(CC(S(O)(O)O)C(N=NC%12CCC(S(O)(O)O)CC%12)C%11O)CC%10S(=O)(=O)O)CC9)CC8)c(N)c(O)c8ssc5c6sc78)[nH]c4c4ssc(c1O)c2sc34. The van der Waals surface area contributed by atoms with Gasteiger partial charge in [0.2, 0.25) is 10.0 Å². The Labute approximate surface area is 537 Å². The van der Waals surface area contributed by atoms with Crippen molar-refractivity contribution >= 4 is 205 Å². The first-order valence-electron chi connectivity index (χ1n) is 29.2. The van der Waals surface area contributed by atoms with E-state index in [-0.39, 0.29) is 80.6 Å². The van der Waals surface area contributed by atoms with E-state index in [2.05, 4.69) is 51.2 Å². The Balaban J connectivity index is 0.634. The molecule has 9 aromatic rings. The standard InChI is InChI=1S/C52H66N14O14S10/c53-25-15-28-47-51(42(25)67)85-83-49-36-26(16-29(56-28)45(49)81-47)57-37-27(58-36)17-30-46-50(37)84-86-52-44(69)35(55)40(41(59-30)48(52)82-46)65-62-19-1-3-22(4-2-19)66-87(70,71)23-9-5-20(6-10-23)60-63-38-31(89(75,76)77)13-18-14-32(90(78,79)80)39(43(68)33(18)34(38)54)64-61-21-7-11-24(12-8-21)88(72,73)74/h15-24,31-34,38-39,43,56-59,66-69,72-74,78-80H,1-14,53-55H2,(H,75,76,77). The summed E-state index contributed by atoms with van der Waals surface area (Å²) in [5.41, 5.74) is 27.0. The molecule has 0 amide bonds. The van der Waals surface area contributed by atoms with Crippen LogP contribution in [-0.2, 0) is 20.1 Å². The molecule has 4 aromatic carbocycles. The van der Waals surface area contributed by atoms with Gasteiger partial charge in [-0.05, 0) is 114 Å². The maximum absolute atomic E-state index is 13.9. The Morgan fingerprint density at radius 3 is 1.59 bits per heavy atom. The predicted molar refractivity (Wildman–Crippen MR) is 362 cm³/mol. The molecule has 5 aliphatic rings. The fourth-order valence-electron chi connectivity index (χ4n) is 14.2. The number of benzene rings is 4. The van der Waals surface area contributed by atoms with Crippen molar-refractivity contribution in [2.24, 2.45) is 48.3 Å². The number of phenolic OH excluding ortho intramolecular Hbond substituents is 2. The second-order valence-corrected chi connectivity index (χ2v) is 38.0. The van der Waals surface area contributed by atoms with Gasteiger partial charge in [0, 0.05) is 18.0 Å². The minimum atomic E-state index is -4.85. The number of aromatic nitrogens is 4. The normalized spacial score (nSPS) is 30.1. The predicted octanol–water partition coefficient (Wildman–Crippen LogP) is 13.2. The van der Waals surface area contributed by atoms with Gasteiger partial charge in [0.25, 0.3) is 10.1 Å². The second-order valence-electron chi connectivity index (χ2n) is 24.5. The van der Waals surface area contributed by atoms with Crippen molar-refractivity contribution < 1.29 is 64.0 Å². The third-order valence-corrected chi connectivity index (χ3v) is 32.8. The van der Waals surface area contributed by atoms with Crippen LogP contribution in [0.25, 0.3) is 81.7 Å². The summed E-state index contributed by atoms with van der Waals surface area (Å²) in [4.78, 5) is 14.6. The second kappa shape index (κ2) is 23.5. The van der Waals surface area contributed by atoms with Crippen LogP contribution < -0.4 is 21.9 Å². The van der Waals surface area contributed by atoms with Gasteiger partial charge < -0.3 is 79.8 Å². The smallest absolute Gasteiger partial charge is 0.270 e. The number of aliphatic hydroxyl groups excluding tert-OH is 1. The van der Waals surface area contributed by atoms with Gasteiger partial charge in [-0.3, -0.25) is 4.55 Å². The molecule has 8 atom stereocenters. The summed E-state index contributed by atoms with van der Waals surface area (Å²) in [6.45, 7) is 0. The van der Waals surface area contributed by atoms with Crippen molar-refractivity contribution in [3.63, 3.8) is 0 Å². The third-order valence-electron chi connectivity index (χ3n) is 19.0. The zero-order valence-electron chi connectivity index (χ0n) is 47.3. The van der Waals surface area contributed by atoms with Crippen LogP contribution in [0.4, 0.5) is 17.1 Å². The van der Waals surface area contributed by atoms with Crippen molar-refractivity contribution in [1.29, 1.82) is 0 Å². The third kappa shape index (κ3) is 11.4. The Morgan fingerprint density at radius 2 is 1.00 bits per heavy atom. The molecule has 4 bridgehead atoms. The van der Waals surface area contributed by atoms with Gasteiger partial charge in [0.15, 0.2) is 11.5 Å². The van der Waals surface area contributed by atoms with Crippen molar-refractivity contribution in [2.45, 2.75) is 159 Å². The van der Waals surface area contributed by atoms with Gasteiger partial charge in [-0.1, -0.05) is 41.4 Å². The molecular formula is C52H66N14O14S10. The van der Waals surface area contributed by atoms with Gasteiger partial charge in [0.05, 0.1) is 140 Å². The van der Waals surface area contributed by atoms with Gasteiger partial charge >= 0.3 is 0 Å². The minimum absolute atomic E-state index is 0.0638. The van der Waals surface area contributed by atoms with Crippen LogP contribution in [0.1, 0.15) is 89.9 Å². The Kier molecular flexibility index (Phi) is 16.5. The van der Waals surface area contributed by atoms with E-state index in [9.17, 15) is 64.0 Å². The zero-order chi connectivity index (χ0) is 63.2. The monoisotopic (exact) mass is 1430 g/mol. The van der Waals surface area contributed by atoms with E-state index in [0.29, 0.717) is 64.8 Å². The van der Waals surface area contributed by atoms with Crippen molar-refractivity contribution in [1.82, 2.24) is 24.7 Å². The molecule has 5 heterocycles. The molecule has 21 N–H and O–H groups in total. The van der Waals surface area contributed by atoms with E-state index in [4.69, 9.17) is 27.4 Å². The first-order chi connectivity index (χ1) is 42.7. The molecule has 0 aliphatic heterocycles. The number of anilines is 2. The first-order valence-corrected chi connectivity index (χ1v) is 41.3. The van der Waals surface area contributed by atoms with Crippen molar-refractivity contribution in [3.8, 4) is 11.5 Å². The Bertz CT molecular complexity index is 4690. The summed E-state index contributed by atoms with van der Waals surface area (Å²) >= 11 is 3.12. The van der Waals surface area contributed by atoms with Crippen LogP contribution in [-0.4, -0.2) is 153 Å². The number of rotatable bonds is 12. The molecule has 5 fully saturated rings. The Morgan fingerprint density at radius 1 is 0.511 bits per heavy atom. The highest BCUT2D eigenvalue weighted by atomic mass is 32.9. The number of aliphatic hydroxyl groups is 1. The van der Waals surface area contributed by atoms with E-state index in [1.165, 1.54) is 42.4 Å².